The summed E-state index contributed by atoms with van der Waals surface area (Å²) in [5.74, 6) is 1.46. The van der Waals surface area contributed by atoms with Gasteiger partial charge in [-0.05, 0) is 48.7 Å². The Bertz CT molecular complexity index is 688. The SMILES string of the molecule is Cn1cc(NC(=O)c2cc(C3C[C@@H]3NCC3CC3)cs2)cn1. The van der Waals surface area contributed by atoms with Crippen molar-refractivity contribution in [2.75, 3.05) is 11.9 Å². The van der Waals surface area contributed by atoms with Crippen LogP contribution in [-0.4, -0.2) is 28.3 Å². The Morgan fingerprint density at radius 3 is 3.09 bits per heavy atom. The van der Waals surface area contributed by atoms with Crippen molar-refractivity contribution in [2.24, 2.45) is 13.0 Å². The molecule has 2 heterocycles. The van der Waals surface area contributed by atoms with E-state index < -0.39 is 0 Å². The molecule has 2 fully saturated rings. The maximum absolute atomic E-state index is 12.2. The van der Waals surface area contributed by atoms with E-state index in [1.54, 1.807) is 17.1 Å². The van der Waals surface area contributed by atoms with Crippen LogP contribution in [0.5, 0.6) is 0 Å². The molecule has 2 atom stereocenters. The zero-order chi connectivity index (χ0) is 15.1. The number of carbonyl (C=O) groups is 1. The average molecular weight is 316 g/mol. The topological polar surface area (TPSA) is 59.0 Å². The third-order valence-electron chi connectivity index (χ3n) is 4.39. The van der Waals surface area contributed by atoms with Gasteiger partial charge in [0.15, 0.2) is 0 Å². The Labute approximate surface area is 133 Å². The van der Waals surface area contributed by atoms with Crippen LogP contribution < -0.4 is 10.6 Å². The van der Waals surface area contributed by atoms with Crippen LogP contribution in [0.1, 0.15) is 40.4 Å². The van der Waals surface area contributed by atoms with Crippen LogP contribution in [0.25, 0.3) is 0 Å². The summed E-state index contributed by atoms with van der Waals surface area (Å²) < 4.78 is 1.68. The van der Waals surface area contributed by atoms with Gasteiger partial charge in [0.25, 0.3) is 5.91 Å². The second kappa shape index (κ2) is 5.52. The maximum Gasteiger partial charge on any atom is 0.265 e. The fourth-order valence-corrected chi connectivity index (χ4v) is 3.64. The first-order valence-corrected chi connectivity index (χ1v) is 8.69. The van der Waals surface area contributed by atoms with E-state index in [2.05, 4.69) is 21.1 Å². The number of nitrogens with zero attached hydrogens (tertiary/aromatic N) is 2. The average Bonchev–Trinajstić information content (AvgIpc) is 3.38. The number of rotatable bonds is 6. The summed E-state index contributed by atoms with van der Waals surface area (Å²) in [4.78, 5) is 13.0. The highest BCUT2D eigenvalue weighted by Crippen LogP contribution is 2.43. The molecule has 2 aliphatic carbocycles. The summed E-state index contributed by atoms with van der Waals surface area (Å²) in [5.41, 5.74) is 2.03. The van der Waals surface area contributed by atoms with Gasteiger partial charge in [-0.15, -0.1) is 11.3 Å². The number of aromatic nitrogens is 2. The molecule has 0 saturated heterocycles. The summed E-state index contributed by atoms with van der Waals surface area (Å²) in [6.45, 7) is 1.17. The zero-order valence-corrected chi connectivity index (χ0v) is 13.4. The number of carbonyl (C=O) groups excluding carboxylic acids is 1. The summed E-state index contributed by atoms with van der Waals surface area (Å²) in [6.07, 6.45) is 7.44. The predicted molar refractivity (Wildman–Crippen MR) is 87.4 cm³/mol. The first kappa shape index (κ1) is 14.0. The van der Waals surface area contributed by atoms with Crippen LogP contribution in [0.4, 0.5) is 5.69 Å². The highest BCUT2D eigenvalue weighted by atomic mass is 32.1. The van der Waals surface area contributed by atoms with Crippen molar-refractivity contribution >= 4 is 22.9 Å². The standard InChI is InChI=1S/C16H20N4OS/c1-20-8-12(7-18-20)19-16(21)15-4-11(9-22-15)13-5-14(13)17-6-10-2-3-10/h4,7-10,13-14,17H,2-3,5-6H2,1H3,(H,19,21)/t13?,14-/m0/s1. The van der Waals surface area contributed by atoms with Gasteiger partial charge >= 0.3 is 0 Å². The molecule has 1 amide bonds. The first-order valence-electron chi connectivity index (χ1n) is 7.81. The van der Waals surface area contributed by atoms with Crippen molar-refractivity contribution in [3.63, 3.8) is 0 Å². The van der Waals surface area contributed by atoms with Gasteiger partial charge in [-0.25, -0.2) is 0 Å². The molecule has 0 spiro atoms. The number of nitrogens with one attached hydrogen (secondary N) is 2. The smallest absolute Gasteiger partial charge is 0.265 e. The molecule has 2 aromatic rings. The number of thiophene rings is 1. The quantitative estimate of drug-likeness (QED) is 0.861. The molecule has 5 nitrogen and oxygen atoms in total. The molecule has 22 heavy (non-hydrogen) atoms. The second-order valence-electron chi connectivity index (χ2n) is 6.40. The van der Waals surface area contributed by atoms with Crippen molar-refractivity contribution in [1.82, 2.24) is 15.1 Å². The first-order chi connectivity index (χ1) is 10.7. The molecular weight excluding hydrogens is 296 g/mol. The van der Waals surface area contributed by atoms with E-state index in [0.717, 1.165) is 16.5 Å². The summed E-state index contributed by atoms with van der Waals surface area (Å²) in [7, 11) is 1.83. The minimum atomic E-state index is -0.0487. The maximum atomic E-state index is 12.2. The van der Waals surface area contributed by atoms with Crippen molar-refractivity contribution < 1.29 is 4.79 Å². The van der Waals surface area contributed by atoms with Crippen molar-refractivity contribution in [3.05, 3.63) is 34.3 Å². The van der Waals surface area contributed by atoms with Crippen LogP contribution in [-0.2, 0) is 7.05 Å². The molecular formula is C16H20N4OS. The van der Waals surface area contributed by atoms with E-state index >= 15 is 0 Å². The lowest BCUT2D eigenvalue weighted by Gasteiger charge is -2.01. The van der Waals surface area contributed by atoms with E-state index in [1.165, 1.54) is 42.7 Å². The largest absolute Gasteiger partial charge is 0.319 e. The van der Waals surface area contributed by atoms with Gasteiger partial charge in [-0.1, -0.05) is 0 Å². The van der Waals surface area contributed by atoms with E-state index in [9.17, 15) is 4.79 Å². The van der Waals surface area contributed by atoms with Crippen molar-refractivity contribution in [3.8, 4) is 0 Å². The van der Waals surface area contributed by atoms with Gasteiger partial charge < -0.3 is 10.6 Å². The minimum Gasteiger partial charge on any atom is -0.319 e. The fraction of sp³-hybridized carbons (Fsp3) is 0.500. The number of aryl methyl sites for hydroxylation is 1. The molecule has 2 saturated carbocycles. The lowest BCUT2D eigenvalue weighted by Crippen LogP contribution is -2.20. The highest BCUT2D eigenvalue weighted by Gasteiger charge is 2.39. The van der Waals surface area contributed by atoms with Crippen LogP contribution in [0.3, 0.4) is 0 Å². The Morgan fingerprint density at radius 1 is 1.50 bits per heavy atom. The van der Waals surface area contributed by atoms with Gasteiger partial charge in [0.1, 0.15) is 0 Å². The van der Waals surface area contributed by atoms with Crippen molar-refractivity contribution in [2.45, 2.75) is 31.2 Å². The van der Waals surface area contributed by atoms with E-state index in [0.29, 0.717) is 12.0 Å². The molecule has 2 N–H and O–H groups in total. The molecule has 0 radical (unpaired) electrons. The van der Waals surface area contributed by atoms with Gasteiger partial charge in [0.2, 0.25) is 0 Å². The Morgan fingerprint density at radius 2 is 2.36 bits per heavy atom. The van der Waals surface area contributed by atoms with E-state index in [4.69, 9.17) is 0 Å². The van der Waals surface area contributed by atoms with E-state index in [1.807, 2.05) is 13.1 Å². The van der Waals surface area contributed by atoms with Crippen molar-refractivity contribution in [1.29, 1.82) is 0 Å². The summed E-state index contributed by atoms with van der Waals surface area (Å²) >= 11 is 1.52. The van der Waals surface area contributed by atoms with Gasteiger partial charge in [-0.3, -0.25) is 9.48 Å². The third kappa shape index (κ3) is 3.08. The van der Waals surface area contributed by atoms with Gasteiger partial charge in [-0.2, -0.15) is 5.10 Å². The molecule has 116 valence electrons. The molecule has 2 aromatic heterocycles. The monoisotopic (exact) mass is 316 g/mol. The van der Waals surface area contributed by atoms with Crippen LogP contribution in [0, 0.1) is 5.92 Å². The Hall–Kier alpha value is -1.66. The van der Waals surface area contributed by atoms with E-state index in [-0.39, 0.29) is 5.91 Å². The van der Waals surface area contributed by atoms with Gasteiger partial charge in [0.05, 0.1) is 16.8 Å². The third-order valence-corrected chi connectivity index (χ3v) is 5.34. The number of amides is 1. The molecule has 0 aliphatic heterocycles. The molecule has 1 unspecified atom stereocenters. The molecule has 4 rings (SSSR count). The predicted octanol–water partition coefficient (Wildman–Crippen LogP) is 2.59. The molecule has 0 aromatic carbocycles. The lowest BCUT2D eigenvalue weighted by molar-refractivity contribution is 0.103. The summed E-state index contributed by atoms with van der Waals surface area (Å²) in [5, 5.41) is 12.7. The number of hydrogen-bond donors (Lipinski definition) is 2. The number of hydrogen-bond acceptors (Lipinski definition) is 4. The fourth-order valence-electron chi connectivity index (χ4n) is 2.77. The Kier molecular flexibility index (Phi) is 3.50. The Balaban J connectivity index is 1.34. The molecule has 6 heteroatoms. The molecule has 0 bridgehead atoms. The summed E-state index contributed by atoms with van der Waals surface area (Å²) in [6, 6.07) is 2.66. The molecule has 2 aliphatic rings. The zero-order valence-electron chi connectivity index (χ0n) is 12.6. The lowest BCUT2D eigenvalue weighted by atomic mass is 10.2. The second-order valence-corrected chi connectivity index (χ2v) is 7.31. The van der Waals surface area contributed by atoms with Crippen LogP contribution in [0.15, 0.2) is 23.8 Å². The van der Waals surface area contributed by atoms with Gasteiger partial charge in [0, 0.05) is 25.2 Å². The van der Waals surface area contributed by atoms with Crippen LogP contribution >= 0.6 is 11.3 Å². The highest BCUT2D eigenvalue weighted by molar-refractivity contribution is 7.12. The minimum absolute atomic E-state index is 0.0487. The number of anilines is 1. The normalized spacial score (nSPS) is 23.5. The van der Waals surface area contributed by atoms with Crippen LogP contribution in [0.2, 0.25) is 0 Å².